The fraction of sp³-hybridized carbons (Fsp3) is 0.333. The average Bonchev–Trinajstić information content (AvgIpc) is 3.25. The van der Waals surface area contributed by atoms with E-state index >= 15 is 0 Å². The van der Waals surface area contributed by atoms with Crippen molar-refractivity contribution in [3.05, 3.63) is 105 Å². The third kappa shape index (κ3) is 13.9. The Kier molecular flexibility index (Phi) is 14.9. The minimum atomic E-state index is -4.33. The molecule has 0 unspecified atom stereocenters. The Balaban J connectivity index is 0.000000495. The normalized spacial score (nSPS) is 14.6. The topological polar surface area (TPSA) is 40.5 Å². The van der Waals surface area contributed by atoms with E-state index in [1.54, 1.807) is 0 Å². The molecule has 2 aromatic rings. The van der Waals surface area contributed by atoms with Gasteiger partial charge < -0.3 is 10.2 Å². The molecule has 0 saturated heterocycles. The summed E-state index contributed by atoms with van der Waals surface area (Å²) >= 11 is 0. The van der Waals surface area contributed by atoms with Gasteiger partial charge in [-0.05, 0) is 103 Å². The summed E-state index contributed by atoms with van der Waals surface area (Å²) in [5.41, 5.74) is 7.47. The maximum Gasteiger partial charge on any atom is 0.416 e. The monoisotopic (exact) mass is 630 g/mol. The van der Waals surface area contributed by atoms with Crippen molar-refractivity contribution >= 4 is 0 Å². The molecule has 212 valence electrons. The van der Waals surface area contributed by atoms with Gasteiger partial charge in [-0.2, -0.15) is 26.3 Å². The molecule has 0 radical (unpaired) electrons. The second-order valence-corrected chi connectivity index (χ2v) is 9.35. The standard InChI is InChI=1S/2C8H12.2C7H5F3O.Zr/c2*1-6-4-7(2)8(3)5-6;2*8-7(9,10)5-1-3-6(11)4-2-5;/h2*4H,5H2,1-3H3;2*1-4,11H;. The Bertz CT molecular complexity index is 1090. The number of benzene rings is 2. The molecule has 2 aliphatic rings. The Hall–Kier alpha value is -2.54. The van der Waals surface area contributed by atoms with Gasteiger partial charge in [0.15, 0.2) is 0 Å². The van der Waals surface area contributed by atoms with E-state index in [-0.39, 0.29) is 37.7 Å². The van der Waals surface area contributed by atoms with Gasteiger partial charge in [0.05, 0.1) is 11.1 Å². The molecule has 2 aromatic carbocycles. The van der Waals surface area contributed by atoms with Crippen LogP contribution in [0.1, 0.15) is 65.5 Å². The molecule has 9 heteroatoms. The first kappa shape index (κ1) is 36.5. The van der Waals surface area contributed by atoms with Crippen molar-refractivity contribution in [2.75, 3.05) is 0 Å². The predicted molar refractivity (Wildman–Crippen MR) is 140 cm³/mol. The van der Waals surface area contributed by atoms with Gasteiger partial charge in [0.25, 0.3) is 0 Å². The first-order chi connectivity index (χ1) is 17.4. The molecule has 0 heterocycles. The van der Waals surface area contributed by atoms with Crippen LogP contribution in [0.5, 0.6) is 11.5 Å². The minimum Gasteiger partial charge on any atom is -0.508 e. The van der Waals surface area contributed by atoms with Crippen molar-refractivity contribution in [1.82, 2.24) is 0 Å². The summed E-state index contributed by atoms with van der Waals surface area (Å²) in [6, 6.07) is 7.33. The van der Waals surface area contributed by atoms with Gasteiger partial charge >= 0.3 is 12.4 Å². The zero-order chi connectivity index (χ0) is 29.3. The summed E-state index contributed by atoms with van der Waals surface area (Å²) in [4.78, 5) is 0. The quantitative estimate of drug-likeness (QED) is 0.284. The average molecular weight is 632 g/mol. The zero-order valence-corrected chi connectivity index (χ0v) is 25.3. The number of halogens is 6. The summed E-state index contributed by atoms with van der Waals surface area (Å²) in [6.07, 6.45) is -1.73. The number of phenolic OH excluding ortho intramolecular Hbond substituents is 2. The summed E-state index contributed by atoms with van der Waals surface area (Å²) in [6.45, 7) is 13.1. The van der Waals surface area contributed by atoms with E-state index in [0.717, 1.165) is 48.5 Å². The van der Waals surface area contributed by atoms with Gasteiger partial charge in [0, 0.05) is 26.2 Å². The molecular formula is C30H34F6O2Zr. The molecule has 2 aliphatic carbocycles. The smallest absolute Gasteiger partial charge is 0.416 e. The number of phenols is 2. The molecule has 0 amide bonds. The van der Waals surface area contributed by atoms with E-state index in [4.69, 9.17) is 10.2 Å². The van der Waals surface area contributed by atoms with Crippen molar-refractivity contribution < 1.29 is 62.8 Å². The van der Waals surface area contributed by atoms with Crippen LogP contribution in [0.2, 0.25) is 0 Å². The molecule has 2 N–H and O–H groups in total. The van der Waals surface area contributed by atoms with Crippen LogP contribution in [0, 0.1) is 0 Å². The van der Waals surface area contributed by atoms with Gasteiger partial charge in [-0.15, -0.1) is 0 Å². The minimum absolute atomic E-state index is 0. The van der Waals surface area contributed by atoms with E-state index in [1.165, 1.54) is 46.3 Å². The van der Waals surface area contributed by atoms with Crippen molar-refractivity contribution in [3.63, 3.8) is 0 Å². The number of alkyl halides is 6. The number of rotatable bonds is 0. The molecule has 0 spiro atoms. The van der Waals surface area contributed by atoms with Gasteiger partial charge in [-0.25, -0.2) is 0 Å². The maximum atomic E-state index is 11.8. The summed E-state index contributed by atoms with van der Waals surface area (Å²) in [5, 5.41) is 17.3. The second kappa shape index (κ2) is 15.9. The summed E-state index contributed by atoms with van der Waals surface area (Å²) in [7, 11) is 0. The number of aromatic hydroxyl groups is 2. The largest absolute Gasteiger partial charge is 0.508 e. The van der Waals surface area contributed by atoms with Crippen LogP contribution in [0.3, 0.4) is 0 Å². The Morgan fingerprint density at radius 1 is 0.513 bits per heavy atom. The molecule has 39 heavy (non-hydrogen) atoms. The van der Waals surface area contributed by atoms with E-state index in [0.29, 0.717) is 0 Å². The molecule has 0 bridgehead atoms. The van der Waals surface area contributed by atoms with Crippen LogP contribution in [0.15, 0.2) is 94.1 Å². The fourth-order valence-corrected chi connectivity index (χ4v) is 3.50. The van der Waals surface area contributed by atoms with Crippen molar-refractivity contribution in [3.8, 4) is 11.5 Å². The van der Waals surface area contributed by atoms with Crippen LogP contribution in [-0.4, -0.2) is 10.2 Å². The van der Waals surface area contributed by atoms with Crippen molar-refractivity contribution in [1.29, 1.82) is 0 Å². The Labute approximate surface area is 245 Å². The predicted octanol–water partition coefficient (Wildman–Crippen LogP) is 10.2. The first-order valence-corrected chi connectivity index (χ1v) is 11.8. The maximum absolute atomic E-state index is 11.8. The first-order valence-electron chi connectivity index (χ1n) is 11.8. The van der Waals surface area contributed by atoms with E-state index in [2.05, 4.69) is 53.7 Å². The number of allylic oxidation sites excluding steroid dienone is 8. The van der Waals surface area contributed by atoms with Crippen LogP contribution < -0.4 is 0 Å². The number of hydrogen-bond donors (Lipinski definition) is 2. The SMILES string of the molecule is CC1=CC(C)=C(C)C1.CC1=CC(C)=C(C)C1.Oc1ccc(C(F)(F)F)cc1.Oc1ccc(C(F)(F)F)cc1.[Zr]. The Morgan fingerprint density at radius 2 is 0.769 bits per heavy atom. The fourth-order valence-electron chi connectivity index (χ4n) is 3.50. The van der Waals surface area contributed by atoms with Crippen LogP contribution in [0.25, 0.3) is 0 Å². The van der Waals surface area contributed by atoms with Crippen LogP contribution in [0.4, 0.5) is 26.3 Å². The van der Waals surface area contributed by atoms with Crippen LogP contribution >= 0.6 is 0 Å². The van der Waals surface area contributed by atoms with E-state index in [1.807, 2.05) is 0 Å². The molecule has 0 aromatic heterocycles. The second-order valence-electron chi connectivity index (χ2n) is 9.35. The molecular weight excluding hydrogens is 598 g/mol. The zero-order valence-electron chi connectivity index (χ0n) is 22.8. The van der Waals surface area contributed by atoms with E-state index in [9.17, 15) is 26.3 Å². The molecule has 0 atom stereocenters. The summed E-state index contributed by atoms with van der Waals surface area (Å²) in [5.74, 6) is -0.337. The van der Waals surface area contributed by atoms with Crippen LogP contribution in [-0.2, 0) is 38.6 Å². The third-order valence-corrected chi connectivity index (χ3v) is 5.75. The van der Waals surface area contributed by atoms with E-state index < -0.39 is 23.5 Å². The molecule has 4 rings (SSSR count). The molecule has 2 nitrogen and oxygen atoms in total. The summed E-state index contributed by atoms with van der Waals surface area (Å²) < 4.78 is 71.0. The molecule has 0 aliphatic heterocycles. The number of hydrogen-bond acceptors (Lipinski definition) is 2. The molecule has 0 fully saturated rings. The van der Waals surface area contributed by atoms with Crippen molar-refractivity contribution in [2.45, 2.75) is 66.7 Å². The van der Waals surface area contributed by atoms with Crippen molar-refractivity contribution in [2.24, 2.45) is 0 Å². The third-order valence-electron chi connectivity index (χ3n) is 5.75. The van der Waals surface area contributed by atoms with Gasteiger partial charge in [-0.1, -0.05) is 45.6 Å². The van der Waals surface area contributed by atoms with Gasteiger partial charge in [0.1, 0.15) is 11.5 Å². The van der Waals surface area contributed by atoms with Gasteiger partial charge in [0.2, 0.25) is 0 Å². The molecule has 0 saturated carbocycles. The Morgan fingerprint density at radius 3 is 0.897 bits per heavy atom. The van der Waals surface area contributed by atoms with Gasteiger partial charge in [-0.3, -0.25) is 0 Å².